The number of benzene rings is 1. The summed E-state index contributed by atoms with van der Waals surface area (Å²) in [7, 11) is 0. The van der Waals surface area contributed by atoms with Crippen LogP contribution in [0.3, 0.4) is 0 Å². The Morgan fingerprint density at radius 3 is 2.12 bits per heavy atom. The van der Waals surface area contributed by atoms with E-state index in [0.717, 1.165) is 5.56 Å². The van der Waals surface area contributed by atoms with Crippen LogP contribution in [0.1, 0.15) is 32.3 Å². The summed E-state index contributed by atoms with van der Waals surface area (Å²) >= 11 is 0. The summed E-state index contributed by atoms with van der Waals surface area (Å²) in [6, 6.07) is 5.75. The predicted molar refractivity (Wildman–Crippen MR) is 127 cm³/mol. The molecule has 3 amide bonds. The molecule has 0 aliphatic carbocycles. The van der Waals surface area contributed by atoms with Crippen molar-refractivity contribution in [3.05, 3.63) is 35.9 Å². The first-order chi connectivity index (χ1) is 16.0. The number of guanidine groups is 1. The van der Waals surface area contributed by atoms with Gasteiger partial charge in [-0.1, -0.05) is 44.2 Å². The van der Waals surface area contributed by atoms with E-state index in [0.29, 0.717) is 6.42 Å². The summed E-state index contributed by atoms with van der Waals surface area (Å²) in [5.41, 5.74) is 16.7. The predicted octanol–water partition coefficient (Wildman–Crippen LogP) is -1.56. The molecule has 0 saturated carbocycles. The van der Waals surface area contributed by atoms with Gasteiger partial charge in [0.25, 0.3) is 0 Å². The molecule has 188 valence electrons. The zero-order valence-electron chi connectivity index (χ0n) is 19.5. The molecule has 0 saturated heterocycles. The summed E-state index contributed by atoms with van der Waals surface area (Å²) in [6.07, 6.45) is 0.691. The van der Waals surface area contributed by atoms with Crippen LogP contribution in [0.15, 0.2) is 35.3 Å². The molecule has 34 heavy (non-hydrogen) atoms. The van der Waals surface area contributed by atoms with Gasteiger partial charge in [0.2, 0.25) is 17.7 Å². The lowest BCUT2D eigenvalue weighted by molar-refractivity contribution is -0.143. The molecule has 0 heterocycles. The second kappa shape index (κ2) is 14.5. The lowest BCUT2D eigenvalue weighted by Crippen LogP contribution is -2.57. The van der Waals surface area contributed by atoms with Crippen LogP contribution in [0.4, 0.5) is 0 Å². The number of hydrogen-bond acceptors (Lipinski definition) is 6. The number of carbonyl (C=O) groups is 4. The number of hydrogen-bond donors (Lipinski definition) is 7. The molecule has 0 fully saturated rings. The molecule has 0 bridgehead atoms. The molecule has 1 aromatic rings. The second-order valence-corrected chi connectivity index (χ2v) is 8.09. The first-order valence-corrected chi connectivity index (χ1v) is 11.0. The van der Waals surface area contributed by atoms with Gasteiger partial charge in [-0.3, -0.25) is 19.4 Å². The fraction of sp³-hybridized carbons (Fsp3) is 0.500. The minimum atomic E-state index is -1.18. The SMILES string of the molecule is CC(C)C(NC(=O)C(Cc1ccccc1)NC(=O)C(CCCN=C(N)N)NC(=O)CN)C(=O)O. The zero-order chi connectivity index (χ0) is 25.7. The lowest BCUT2D eigenvalue weighted by Gasteiger charge is -2.25. The van der Waals surface area contributed by atoms with Gasteiger partial charge in [0.15, 0.2) is 5.96 Å². The highest BCUT2D eigenvalue weighted by atomic mass is 16.4. The van der Waals surface area contributed by atoms with Crippen LogP contribution in [0.25, 0.3) is 0 Å². The van der Waals surface area contributed by atoms with Gasteiger partial charge >= 0.3 is 5.97 Å². The molecule has 12 heteroatoms. The van der Waals surface area contributed by atoms with Crippen molar-refractivity contribution in [3.63, 3.8) is 0 Å². The van der Waals surface area contributed by atoms with Crippen molar-refractivity contribution < 1.29 is 24.3 Å². The Bertz CT molecular complexity index is 856. The van der Waals surface area contributed by atoms with Crippen molar-refractivity contribution in [1.82, 2.24) is 16.0 Å². The highest BCUT2D eigenvalue weighted by Crippen LogP contribution is 2.08. The summed E-state index contributed by atoms with van der Waals surface area (Å²) in [5, 5.41) is 17.1. The van der Waals surface area contributed by atoms with Crippen LogP contribution in [-0.4, -0.2) is 66.0 Å². The van der Waals surface area contributed by atoms with Gasteiger partial charge in [0, 0.05) is 13.0 Å². The molecule has 0 aromatic heterocycles. The van der Waals surface area contributed by atoms with E-state index in [1.165, 1.54) is 0 Å². The molecular formula is C22H35N7O5. The topological polar surface area (TPSA) is 215 Å². The van der Waals surface area contributed by atoms with Gasteiger partial charge in [-0.15, -0.1) is 0 Å². The third kappa shape index (κ3) is 10.3. The van der Waals surface area contributed by atoms with Gasteiger partial charge < -0.3 is 38.3 Å². The number of aliphatic imine (C=N–C) groups is 1. The van der Waals surface area contributed by atoms with Crippen molar-refractivity contribution in [3.8, 4) is 0 Å². The Morgan fingerprint density at radius 2 is 1.59 bits per heavy atom. The molecule has 0 aliphatic heterocycles. The normalized spacial score (nSPS) is 13.3. The quantitative estimate of drug-likeness (QED) is 0.0942. The first kappa shape index (κ1) is 28.4. The third-order valence-corrected chi connectivity index (χ3v) is 4.93. The molecule has 10 N–H and O–H groups in total. The van der Waals surface area contributed by atoms with E-state index in [4.69, 9.17) is 17.2 Å². The van der Waals surface area contributed by atoms with E-state index in [1.54, 1.807) is 38.1 Å². The molecule has 1 rings (SSSR count). The number of nitrogens with one attached hydrogen (secondary N) is 3. The minimum Gasteiger partial charge on any atom is -0.480 e. The number of carboxylic acids is 1. The largest absolute Gasteiger partial charge is 0.480 e. The lowest BCUT2D eigenvalue weighted by atomic mass is 10.0. The fourth-order valence-corrected chi connectivity index (χ4v) is 3.12. The first-order valence-electron chi connectivity index (χ1n) is 11.0. The van der Waals surface area contributed by atoms with Crippen LogP contribution in [0, 0.1) is 5.92 Å². The van der Waals surface area contributed by atoms with E-state index < -0.39 is 41.8 Å². The number of aliphatic carboxylic acids is 1. The van der Waals surface area contributed by atoms with Crippen LogP contribution < -0.4 is 33.2 Å². The van der Waals surface area contributed by atoms with E-state index in [2.05, 4.69) is 20.9 Å². The zero-order valence-corrected chi connectivity index (χ0v) is 19.5. The molecule has 12 nitrogen and oxygen atoms in total. The standard InChI is InChI=1S/C22H35N7O5/c1-13(2)18(21(33)34)29-20(32)16(11-14-7-4-3-5-8-14)28-19(31)15(27-17(30)12-23)9-6-10-26-22(24)25/h3-5,7-8,13,15-16,18H,6,9-12,23H2,1-2H3,(H,27,30)(H,28,31)(H,29,32)(H,33,34)(H4,24,25,26). The van der Waals surface area contributed by atoms with Gasteiger partial charge in [-0.2, -0.15) is 0 Å². The van der Waals surface area contributed by atoms with Gasteiger partial charge in [0.05, 0.1) is 6.54 Å². The highest BCUT2D eigenvalue weighted by Gasteiger charge is 2.30. The Morgan fingerprint density at radius 1 is 0.971 bits per heavy atom. The minimum absolute atomic E-state index is 0.0928. The van der Waals surface area contributed by atoms with Crippen molar-refractivity contribution >= 4 is 29.7 Å². The Kier molecular flexibility index (Phi) is 12.1. The van der Waals surface area contributed by atoms with Crippen molar-refractivity contribution in [2.45, 2.75) is 51.2 Å². The summed E-state index contributed by atoms with van der Waals surface area (Å²) in [6.45, 7) is 3.26. The number of nitrogens with two attached hydrogens (primary N) is 3. The van der Waals surface area contributed by atoms with Crippen molar-refractivity contribution in [2.75, 3.05) is 13.1 Å². The molecule has 0 radical (unpaired) electrons. The van der Waals surface area contributed by atoms with E-state index in [-0.39, 0.29) is 37.8 Å². The molecule has 0 spiro atoms. The maximum absolute atomic E-state index is 13.0. The van der Waals surface area contributed by atoms with E-state index in [1.807, 2.05) is 6.07 Å². The van der Waals surface area contributed by atoms with Crippen molar-refractivity contribution in [1.29, 1.82) is 0 Å². The number of carboxylic acid groups (broad SMARTS) is 1. The summed E-state index contributed by atoms with van der Waals surface area (Å²) < 4.78 is 0. The van der Waals surface area contributed by atoms with Gasteiger partial charge in [-0.25, -0.2) is 4.79 Å². The number of carbonyl (C=O) groups excluding carboxylic acids is 3. The maximum Gasteiger partial charge on any atom is 0.326 e. The Labute approximate surface area is 198 Å². The fourth-order valence-electron chi connectivity index (χ4n) is 3.12. The maximum atomic E-state index is 13.0. The summed E-state index contributed by atoms with van der Waals surface area (Å²) in [5.74, 6) is -3.45. The number of rotatable bonds is 14. The summed E-state index contributed by atoms with van der Waals surface area (Å²) in [4.78, 5) is 53.3. The van der Waals surface area contributed by atoms with E-state index in [9.17, 15) is 24.3 Å². The molecule has 3 atom stereocenters. The van der Waals surface area contributed by atoms with E-state index >= 15 is 0 Å². The van der Waals surface area contributed by atoms with Crippen LogP contribution in [0.5, 0.6) is 0 Å². The van der Waals surface area contributed by atoms with Crippen LogP contribution >= 0.6 is 0 Å². The van der Waals surface area contributed by atoms with Crippen LogP contribution in [0.2, 0.25) is 0 Å². The average Bonchev–Trinajstić information content (AvgIpc) is 2.78. The number of nitrogens with zero attached hydrogens (tertiary/aromatic N) is 1. The smallest absolute Gasteiger partial charge is 0.326 e. The molecule has 0 aliphatic rings. The molecule has 1 aromatic carbocycles. The molecular weight excluding hydrogens is 442 g/mol. The van der Waals surface area contributed by atoms with Gasteiger partial charge in [0.1, 0.15) is 18.1 Å². The highest BCUT2D eigenvalue weighted by molar-refractivity contribution is 5.93. The molecule has 3 unspecified atom stereocenters. The Hall–Kier alpha value is -3.67. The van der Waals surface area contributed by atoms with Gasteiger partial charge in [-0.05, 0) is 24.3 Å². The van der Waals surface area contributed by atoms with Crippen LogP contribution in [-0.2, 0) is 25.6 Å². The monoisotopic (exact) mass is 477 g/mol. The van der Waals surface area contributed by atoms with Crippen molar-refractivity contribution in [2.24, 2.45) is 28.1 Å². The average molecular weight is 478 g/mol. The Balaban J connectivity index is 3.06. The third-order valence-electron chi connectivity index (χ3n) is 4.93. The number of amides is 3. The second-order valence-electron chi connectivity index (χ2n) is 8.09.